The van der Waals surface area contributed by atoms with E-state index in [1.165, 1.54) is 0 Å². The van der Waals surface area contributed by atoms with Gasteiger partial charge in [-0.2, -0.15) is 0 Å². The fourth-order valence-electron chi connectivity index (χ4n) is 4.52. The summed E-state index contributed by atoms with van der Waals surface area (Å²) in [6.07, 6.45) is 2.59. The Balaban J connectivity index is 1.81. The zero-order valence-corrected chi connectivity index (χ0v) is 17.9. The van der Waals surface area contributed by atoms with E-state index in [9.17, 15) is 4.79 Å². The predicted molar refractivity (Wildman–Crippen MR) is 123 cm³/mol. The van der Waals surface area contributed by atoms with Gasteiger partial charge in [0, 0.05) is 5.41 Å². The summed E-state index contributed by atoms with van der Waals surface area (Å²) in [6, 6.07) is 30.7. The van der Waals surface area contributed by atoms with E-state index in [1.54, 1.807) is 0 Å². The summed E-state index contributed by atoms with van der Waals surface area (Å²) in [5.74, 6) is -0.178. The topological polar surface area (TPSA) is 35.5 Å². The summed E-state index contributed by atoms with van der Waals surface area (Å²) >= 11 is 0. The molecule has 0 amide bonds. The molecule has 1 aliphatic rings. The van der Waals surface area contributed by atoms with E-state index in [2.05, 4.69) is 49.9 Å². The average molecular weight is 413 g/mol. The van der Waals surface area contributed by atoms with Crippen LogP contribution in [0.15, 0.2) is 104 Å². The van der Waals surface area contributed by atoms with E-state index >= 15 is 0 Å². The fourth-order valence-corrected chi connectivity index (χ4v) is 4.52. The Bertz CT molecular complexity index is 917. The zero-order chi connectivity index (χ0) is 21.7. The molecule has 31 heavy (non-hydrogen) atoms. The third-order valence-electron chi connectivity index (χ3n) is 6.20. The highest BCUT2D eigenvalue weighted by Crippen LogP contribution is 2.44. The molecule has 0 aliphatic carbocycles. The molecule has 1 heterocycles. The van der Waals surface area contributed by atoms with Gasteiger partial charge < -0.3 is 9.47 Å². The molecular formula is C28H28O3. The Hall–Kier alpha value is -3.17. The lowest BCUT2D eigenvalue weighted by molar-refractivity contribution is -0.146. The Morgan fingerprint density at radius 2 is 1.39 bits per heavy atom. The molecule has 1 fully saturated rings. The van der Waals surface area contributed by atoms with Gasteiger partial charge in [0.25, 0.3) is 0 Å². The molecule has 0 aromatic heterocycles. The maximum atomic E-state index is 12.2. The van der Waals surface area contributed by atoms with Crippen LogP contribution in [-0.2, 0) is 19.9 Å². The number of rotatable bonds is 8. The lowest BCUT2D eigenvalue weighted by atomic mass is 9.78. The van der Waals surface area contributed by atoms with Crippen molar-refractivity contribution >= 4 is 5.97 Å². The molecule has 1 aliphatic heterocycles. The number of carbonyl (C=O) groups is 1. The molecule has 158 valence electrons. The Morgan fingerprint density at radius 3 is 1.81 bits per heavy atom. The van der Waals surface area contributed by atoms with Crippen molar-refractivity contribution in [3.63, 3.8) is 0 Å². The molecule has 4 rings (SSSR count). The van der Waals surface area contributed by atoms with E-state index in [1.807, 2.05) is 60.7 Å². The van der Waals surface area contributed by atoms with Gasteiger partial charge in [-0.1, -0.05) is 104 Å². The Labute approximate surface area is 184 Å². The van der Waals surface area contributed by atoms with E-state index in [0.717, 1.165) is 16.7 Å². The molecule has 0 N–H and O–H groups in total. The van der Waals surface area contributed by atoms with Gasteiger partial charge in [0.05, 0.1) is 13.0 Å². The van der Waals surface area contributed by atoms with Crippen LogP contribution in [0, 0.1) is 5.41 Å². The van der Waals surface area contributed by atoms with Crippen LogP contribution >= 0.6 is 0 Å². The molecule has 0 saturated carbocycles. The van der Waals surface area contributed by atoms with Crippen LogP contribution in [-0.4, -0.2) is 18.7 Å². The second-order valence-corrected chi connectivity index (χ2v) is 8.39. The molecule has 1 saturated heterocycles. The number of carbonyl (C=O) groups excluding carboxylic acids is 1. The number of cyclic esters (lactones) is 1. The van der Waals surface area contributed by atoms with Crippen molar-refractivity contribution in [3.8, 4) is 0 Å². The largest absolute Gasteiger partial charge is 0.459 e. The quantitative estimate of drug-likeness (QED) is 0.263. The summed E-state index contributed by atoms with van der Waals surface area (Å²) in [6.45, 7) is 6.23. The minimum absolute atomic E-state index is 0.178. The highest BCUT2D eigenvalue weighted by molar-refractivity contribution is 5.73. The number of ether oxygens (including phenoxy) is 2. The first-order valence-electron chi connectivity index (χ1n) is 10.7. The van der Waals surface area contributed by atoms with Crippen LogP contribution in [0.2, 0.25) is 0 Å². The van der Waals surface area contributed by atoms with Crippen LogP contribution in [0.25, 0.3) is 0 Å². The van der Waals surface area contributed by atoms with Crippen molar-refractivity contribution in [2.45, 2.75) is 31.5 Å². The second kappa shape index (κ2) is 8.91. The van der Waals surface area contributed by atoms with Gasteiger partial charge in [0.2, 0.25) is 0 Å². The fraction of sp³-hybridized carbons (Fsp3) is 0.250. The van der Waals surface area contributed by atoms with Gasteiger partial charge in [-0.05, 0) is 23.1 Å². The van der Waals surface area contributed by atoms with Crippen molar-refractivity contribution in [3.05, 3.63) is 120 Å². The van der Waals surface area contributed by atoms with Gasteiger partial charge >= 0.3 is 5.97 Å². The highest BCUT2D eigenvalue weighted by atomic mass is 16.6. The van der Waals surface area contributed by atoms with Gasteiger partial charge in [-0.25, -0.2) is 0 Å². The molecule has 2 atom stereocenters. The molecule has 3 aromatic rings. The van der Waals surface area contributed by atoms with Crippen LogP contribution in [0.1, 0.15) is 36.5 Å². The lowest BCUT2D eigenvalue weighted by Gasteiger charge is -2.38. The summed E-state index contributed by atoms with van der Waals surface area (Å²) in [4.78, 5) is 12.2. The maximum Gasteiger partial charge on any atom is 0.306 e. The summed E-state index contributed by atoms with van der Waals surface area (Å²) in [7, 11) is 0. The first-order chi connectivity index (χ1) is 15.1. The Morgan fingerprint density at radius 1 is 0.935 bits per heavy atom. The molecule has 0 unspecified atom stereocenters. The SMILES string of the molecule is C=CC[C@@]1(C)CC(=O)O[C@@H]1COC(c1ccccc1)(c1ccccc1)c1ccccc1. The van der Waals surface area contributed by atoms with Crippen LogP contribution in [0.4, 0.5) is 0 Å². The molecule has 0 bridgehead atoms. The normalized spacial score (nSPS) is 20.9. The summed E-state index contributed by atoms with van der Waals surface area (Å²) in [5.41, 5.74) is 1.94. The Kier molecular flexibility index (Phi) is 6.06. The van der Waals surface area contributed by atoms with E-state index < -0.39 is 5.60 Å². The number of benzene rings is 3. The van der Waals surface area contributed by atoms with Gasteiger partial charge in [-0.3, -0.25) is 4.79 Å². The number of allylic oxidation sites excluding steroid dienone is 1. The van der Waals surface area contributed by atoms with Crippen molar-refractivity contribution in [2.75, 3.05) is 6.61 Å². The van der Waals surface area contributed by atoms with Crippen molar-refractivity contribution < 1.29 is 14.3 Å². The number of hydrogen-bond donors (Lipinski definition) is 0. The first-order valence-corrected chi connectivity index (χ1v) is 10.7. The molecular weight excluding hydrogens is 384 g/mol. The molecule has 3 nitrogen and oxygen atoms in total. The van der Waals surface area contributed by atoms with Gasteiger partial charge in [0.15, 0.2) is 0 Å². The van der Waals surface area contributed by atoms with Crippen LogP contribution < -0.4 is 0 Å². The third kappa shape index (κ3) is 4.06. The maximum absolute atomic E-state index is 12.2. The number of esters is 1. The molecule has 3 aromatic carbocycles. The monoisotopic (exact) mass is 412 g/mol. The minimum atomic E-state index is -0.826. The van der Waals surface area contributed by atoms with Gasteiger partial charge in [-0.15, -0.1) is 6.58 Å². The zero-order valence-electron chi connectivity index (χ0n) is 17.9. The van der Waals surface area contributed by atoms with Crippen LogP contribution in [0.5, 0.6) is 0 Å². The molecule has 0 radical (unpaired) electrons. The number of hydrogen-bond acceptors (Lipinski definition) is 3. The van der Waals surface area contributed by atoms with Crippen molar-refractivity contribution in [1.82, 2.24) is 0 Å². The smallest absolute Gasteiger partial charge is 0.306 e. The molecule has 3 heteroatoms. The lowest BCUT2D eigenvalue weighted by Crippen LogP contribution is -2.39. The standard InChI is InChI=1S/C28H28O3/c1-3-19-27(2)20-26(29)31-25(27)21-30-28(22-13-7-4-8-14-22,23-15-9-5-10-16-23)24-17-11-6-12-18-24/h3-18,25H,1,19-21H2,2H3/t25-,27+/m1/s1. The summed E-state index contributed by atoms with van der Waals surface area (Å²) in [5, 5.41) is 0. The third-order valence-corrected chi connectivity index (χ3v) is 6.20. The minimum Gasteiger partial charge on any atom is -0.459 e. The second-order valence-electron chi connectivity index (χ2n) is 8.39. The highest BCUT2D eigenvalue weighted by Gasteiger charge is 2.47. The molecule has 0 spiro atoms. The van der Waals surface area contributed by atoms with E-state index in [0.29, 0.717) is 12.8 Å². The van der Waals surface area contributed by atoms with Crippen molar-refractivity contribution in [2.24, 2.45) is 5.41 Å². The average Bonchev–Trinajstić information content (AvgIpc) is 3.09. The van der Waals surface area contributed by atoms with Gasteiger partial charge in [0.1, 0.15) is 11.7 Å². The first kappa shape index (κ1) is 21.1. The van der Waals surface area contributed by atoms with E-state index in [-0.39, 0.29) is 24.1 Å². The summed E-state index contributed by atoms with van der Waals surface area (Å²) < 4.78 is 12.6. The van der Waals surface area contributed by atoms with Crippen LogP contribution in [0.3, 0.4) is 0 Å². The predicted octanol–water partition coefficient (Wildman–Crippen LogP) is 5.89. The van der Waals surface area contributed by atoms with E-state index in [4.69, 9.17) is 9.47 Å². The van der Waals surface area contributed by atoms with Crippen molar-refractivity contribution in [1.29, 1.82) is 0 Å².